The Morgan fingerprint density at radius 2 is 1.72 bits per heavy atom. The van der Waals surface area contributed by atoms with Gasteiger partial charge < -0.3 is 15.8 Å². The summed E-state index contributed by atoms with van der Waals surface area (Å²) < 4.78 is 4.46. The Kier molecular flexibility index (Phi) is 5.13. The van der Waals surface area contributed by atoms with Gasteiger partial charge in [-0.15, -0.1) is 0 Å². The van der Waals surface area contributed by atoms with E-state index in [2.05, 4.69) is 15.4 Å². The second kappa shape index (κ2) is 6.61. The van der Waals surface area contributed by atoms with Crippen molar-refractivity contribution in [2.45, 2.75) is 19.4 Å². The van der Waals surface area contributed by atoms with E-state index in [1.165, 1.54) is 7.11 Å². The molecular weight excluding hydrogens is 234 g/mol. The highest BCUT2D eigenvalue weighted by Gasteiger charge is 2.10. The summed E-state index contributed by atoms with van der Waals surface area (Å²) >= 11 is 0. The summed E-state index contributed by atoms with van der Waals surface area (Å²) in [6, 6.07) is 6.14. The number of benzene rings is 1. The second-order valence-corrected chi connectivity index (χ2v) is 3.70. The monoisotopic (exact) mass is 251 g/mol. The number of methoxy groups -OCH3 is 1. The molecule has 0 radical (unpaired) electrons. The van der Waals surface area contributed by atoms with Gasteiger partial charge in [0, 0.05) is 11.4 Å². The lowest BCUT2D eigenvalue weighted by molar-refractivity contribution is -0.117. The van der Waals surface area contributed by atoms with E-state index in [-0.39, 0.29) is 5.91 Å². The highest BCUT2D eigenvalue weighted by molar-refractivity contribution is 5.95. The fraction of sp³-hybridized carbons (Fsp3) is 0.333. The van der Waals surface area contributed by atoms with Crippen molar-refractivity contribution in [1.29, 1.82) is 0 Å². The van der Waals surface area contributed by atoms with Crippen molar-refractivity contribution >= 4 is 23.4 Å². The minimum Gasteiger partial charge on any atom is -0.453 e. The Balaban J connectivity index is 2.60. The molecule has 0 heterocycles. The summed E-state index contributed by atoms with van der Waals surface area (Å²) in [6.45, 7) is 1.84. The van der Waals surface area contributed by atoms with Crippen LogP contribution in [0.3, 0.4) is 0 Å². The zero-order chi connectivity index (χ0) is 13.5. The molecule has 0 fully saturated rings. The third-order valence-electron chi connectivity index (χ3n) is 2.36. The molecule has 0 aliphatic carbocycles. The highest BCUT2D eigenvalue weighted by atomic mass is 16.5. The highest BCUT2D eigenvalue weighted by Crippen LogP contribution is 2.14. The van der Waals surface area contributed by atoms with Gasteiger partial charge in [-0.1, -0.05) is 6.92 Å². The molecule has 1 atom stereocenters. The summed E-state index contributed by atoms with van der Waals surface area (Å²) in [5.41, 5.74) is 6.80. The maximum Gasteiger partial charge on any atom is 0.411 e. The SMILES string of the molecule is CCC(N)C(=O)Nc1ccc(NC(=O)OC)cc1. The van der Waals surface area contributed by atoms with Crippen LogP contribution in [-0.4, -0.2) is 25.2 Å². The van der Waals surface area contributed by atoms with Crippen molar-refractivity contribution in [3.8, 4) is 0 Å². The Labute approximate surface area is 105 Å². The van der Waals surface area contributed by atoms with Gasteiger partial charge in [0.25, 0.3) is 0 Å². The first-order valence-electron chi connectivity index (χ1n) is 5.58. The Morgan fingerprint density at radius 1 is 1.22 bits per heavy atom. The van der Waals surface area contributed by atoms with E-state index in [4.69, 9.17) is 5.73 Å². The van der Waals surface area contributed by atoms with Crippen molar-refractivity contribution < 1.29 is 14.3 Å². The van der Waals surface area contributed by atoms with Gasteiger partial charge in [0.1, 0.15) is 0 Å². The molecule has 2 amide bonds. The summed E-state index contributed by atoms with van der Waals surface area (Å²) in [5, 5.41) is 5.19. The number of anilines is 2. The normalized spacial score (nSPS) is 11.5. The molecule has 18 heavy (non-hydrogen) atoms. The lowest BCUT2D eigenvalue weighted by Gasteiger charge is -2.10. The van der Waals surface area contributed by atoms with Crippen LogP contribution in [0.2, 0.25) is 0 Å². The van der Waals surface area contributed by atoms with Crippen molar-refractivity contribution in [3.63, 3.8) is 0 Å². The third kappa shape index (κ3) is 4.06. The van der Waals surface area contributed by atoms with E-state index >= 15 is 0 Å². The first kappa shape index (κ1) is 14.0. The van der Waals surface area contributed by atoms with Gasteiger partial charge >= 0.3 is 6.09 Å². The smallest absolute Gasteiger partial charge is 0.411 e. The maximum absolute atomic E-state index is 11.5. The van der Waals surface area contributed by atoms with E-state index < -0.39 is 12.1 Å². The number of rotatable bonds is 4. The molecule has 0 aromatic heterocycles. The quantitative estimate of drug-likeness (QED) is 0.756. The number of hydrogen-bond donors (Lipinski definition) is 3. The van der Waals surface area contributed by atoms with Gasteiger partial charge in [-0.2, -0.15) is 0 Å². The molecule has 0 spiro atoms. The minimum atomic E-state index is -0.542. The van der Waals surface area contributed by atoms with E-state index in [9.17, 15) is 9.59 Å². The van der Waals surface area contributed by atoms with Crippen LogP contribution in [0.5, 0.6) is 0 Å². The van der Waals surface area contributed by atoms with Crippen molar-refractivity contribution in [3.05, 3.63) is 24.3 Å². The second-order valence-electron chi connectivity index (χ2n) is 3.70. The lowest BCUT2D eigenvalue weighted by Crippen LogP contribution is -2.34. The van der Waals surface area contributed by atoms with Crippen LogP contribution in [0.1, 0.15) is 13.3 Å². The van der Waals surface area contributed by atoms with Crippen molar-refractivity contribution in [2.24, 2.45) is 5.73 Å². The minimum absolute atomic E-state index is 0.230. The molecule has 6 heteroatoms. The van der Waals surface area contributed by atoms with Crippen LogP contribution < -0.4 is 16.4 Å². The fourth-order valence-electron chi connectivity index (χ4n) is 1.23. The molecule has 0 aliphatic rings. The van der Waals surface area contributed by atoms with Crippen molar-refractivity contribution in [2.75, 3.05) is 17.7 Å². The molecule has 1 rings (SSSR count). The van der Waals surface area contributed by atoms with Crippen LogP contribution in [0.4, 0.5) is 16.2 Å². The molecular formula is C12H17N3O3. The third-order valence-corrected chi connectivity index (χ3v) is 2.36. The predicted molar refractivity (Wildman–Crippen MR) is 69.4 cm³/mol. The van der Waals surface area contributed by atoms with Gasteiger partial charge in [-0.3, -0.25) is 10.1 Å². The first-order chi connectivity index (χ1) is 8.56. The first-order valence-corrected chi connectivity index (χ1v) is 5.58. The predicted octanol–water partition coefficient (Wildman–Crippen LogP) is 1.54. The number of ether oxygens (including phenoxy) is 1. The van der Waals surface area contributed by atoms with Gasteiger partial charge in [-0.05, 0) is 30.7 Å². The summed E-state index contributed by atoms with van der Waals surface area (Å²) in [7, 11) is 1.29. The van der Waals surface area contributed by atoms with Gasteiger partial charge in [0.05, 0.1) is 13.2 Å². The zero-order valence-electron chi connectivity index (χ0n) is 10.4. The summed E-state index contributed by atoms with van der Waals surface area (Å²) in [4.78, 5) is 22.5. The molecule has 1 aromatic rings. The van der Waals surface area contributed by atoms with E-state index in [1.807, 2.05) is 6.92 Å². The molecule has 0 bridgehead atoms. The fourth-order valence-corrected chi connectivity index (χ4v) is 1.23. The molecule has 0 saturated heterocycles. The molecule has 1 unspecified atom stereocenters. The molecule has 6 nitrogen and oxygen atoms in total. The Hall–Kier alpha value is -2.08. The van der Waals surface area contributed by atoms with Crippen LogP contribution in [-0.2, 0) is 9.53 Å². The maximum atomic E-state index is 11.5. The largest absolute Gasteiger partial charge is 0.453 e. The number of amides is 2. The number of nitrogens with two attached hydrogens (primary N) is 1. The average Bonchev–Trinajstić information content (AvgIpc) is 2.39. The van der Waals surface area contributed by atoms with E-state index in [0.717, 1.165) is 0 Å². The molecule has 98 valence electrons. The molecule has 4 N–H and O–H groups in total. The number of carbonyl (C=O) groups is 2. The zero-order valence-corrected chi connectivity index (χ0v) is 10.4. The summed E-state index contributed by atoms with van der Waals surface area (Å²) in [6.07, 6.45) is 0.0353. The number of nitrogens with one attached hydrogen (secondary N) is 2. The summed E-state index contributed by atoms with van der Waals surface area (Å²) in [5.74, 6) is -0.230. The topological polar surface area (TPSA) is 93.5 Å². The van der Waals surface area contributed by atoms with Gasteiger partial charge in [0.2, 0.25) is 5.91 Å². The van der Waals surface area contributed by atoms with Crippen LogP contribution in [0.25, 0.3) is 0 Å². The molecule has 0 saturated carbocycles. The van der Waals surface area contributed by atoms with Crippen LogP contribution in [0.15, 0.2) is 24.3 Å². The Bertz CT molecular complexity index is 417. The van der Waals surface area contributed by atoms with Gasteiger partial charge in [0.15, 0.2) is 0 Å². The van der Waals surface area contributed by atoms with Crippen LogP contribution in [0, 0.1) is 0 Å². The molecule has 0 aliphatic heterocycles. The van der Waals surface area contributed by atoms with Crippen molar-refractivity contribution in [1.82, 2.24) is 0 Å². The van der Waals surface area contributed by atoms with E-state index in [0.29, 0.717) is 17.8 Å². The van der Waals surface area contributed by atoms with E-state index in [1.54, 1.807) is 24.3 Å². The molecule has 1 aromatic carbocycles. The average molecular weight is 251 g/mol. The Morgan fingerprint density at radius 3 is 2.17 bits per heavy atom. The standard InChI is InChI=1S/C12H17N3O3/c1-3-10(13)11(16)14-8-4-6-9(7-5-8)15-12(17)18-2/h4-7,10H,3,13H2,1-2H3,(H,14,16)(H,15,17). The van der Waals surface area contributed by atoms with Crippen LogP contribution >= 0.6 is 0 Å². The lowest BCUT2D eigenvalue weighted by atomic mass is 10.2. The van der Waals surface area contributed by atoms with Gasteiger partial charge in [-0.25, -0.2) is 4.79 Å². The number of hydrogen-bond acceptors (Lipinski definition) is 4. The number of carbonyl (C=O) groups excluding carboxylic acids is 2.